The summed E-state index contributed by atoms with van der Waals surface area (Å²) >= 11 is 0. The summed E-state index contributed by atoms with van der Waals surface area (Å²) in [4.78, 5) is 48.0. The van der Waals surface area contributed by atoms with Crippen molar-refractivity contribution in [2.24, 2.45) is 0 Å². The molecule has 1 aromatic carbocycles. The molecule has 0 atom stereocenters. The molecule has 0 radical (unpaired) electrons. The highest BCUT2D eigenvalue weighted by Gasteiger charge is 2.35. The van der Waals surface area contributed by atoms with Gasteiger partial charge in [-0.1, -0.05) is 0 Å². The molecule has 1 aliphatic rings. The molecule has 1 aliphatic heterocycles. The standard InChI is InChI=1S/C16H16N3O5/c1-16(2,3)24-15(23)19(17)14(22)10-4-6-11(7-5-10)18-12(20)8-9-13(18)21/h4-9,17H,1-3H3/q+1. The molecule has 0 spiro atoms. The van der Waals surface area contributed by atoms with Gasteiger partial charge in [0.15, 0.2) is 0 Å². The molecule has 124 valence electrons. The van der Waals surface area contributed by atoms with E-state index in [-0.39, 0.29) is 10.3 Å². The summed E-state index contributed by atoms with van der Waals surface area (Å²) in [5.74, 6) is -1.84. The van der Waals surface area contributed by atoms with E-state index in [0.717, 1.165) is 17.1 Å². The Labute approximate surface area is 137 Å². The Morgan fingerprint density at radius 3 is 2.00 bits per heavy atom. The zero-order chi connectivity index (χ0) is 18.1. The van der Waals surface area contributed by atoms with Crippen LogP contribution in [-0.4, -0.2) is 34.1 Å². The number of amides is 4. The highest BCUT2D eigenvalue weighted by atomic mass is 16.6. The summed E-state index contributed by atoms with van der Waals surface area (Å²) < 4.78 is 5.07. The number of carbonyl (C=O) groups is 4. The number of carbonyl (C=O) groups excluding carboxylic acids is 4. The van der Waals surface area contributed by atoms with Crippen LogP contribution in [-0.2, 0) is 14.3 Å². The minimum atomic E-state index is -1.09. The summed E-state index contributed by atoms with van der Waals surface area (Å²) in [6.45, 7) is 4.86. The normalized spacial score (nSPS) is 14.0. The topological polar surface area (TPSA) is 108 Å². The predicted molar refractivity (Wildman–Crippen MR) is 81.6 cm³/mol. The molecule has 0 unspecified atom stereocenters. The van der Waals surface area contributed by atoms with E-state index < -0.39 is 29.4 Å². The summed E-state index contributed by atoms with van der Waals surface area (Å²) in [5, 5.41) is 0. The second kappa shape index (κ2) is 6.15. The first-order valence-corrected chi connectivity index (χ1v) is 7.05. The number of nitrogens with one attached hydrogen (secondary N) is 1. The lowest BCUT2D eigenvalue weighted by atomic mass is 10.2. The molecule has 8 nitrogen and oxygen atoms in total. The monoisotopic (exact) mass is 330 g/mol. The third-order valence-corrected chi connectivity index (χ3v) is 2.96. The van der Waals surface area contributed by atoms with Gasteiger partial charge in [0.1, 0.15) is 5.60 Å². The largest absolute Gasteiger partial charge is 0.631 e. The molecule has 24 heavy (non-hydrogen) atoms. The summed E-state index contributed by atoms with van der Waals surface area (Å²) in [6.07, 6.45) is 1.20. The van der Waals surface area contributed by atoms with Crippen molar-refractivity contribution in [3.8, 4) is 0 Å². The fraction of sp³-hybridized carbons (Fsp3) is 0.250. The summed E-state index contributed by atoms with van der Waals surface area (Å²) in [6, 6.07) is 5.42. The zero-order valence-electron chi connectivity index (χ0n) is 13.4. The van der Waals surface area contributed by atoms with E-state index in [4.69, 9.17) is 10.3 Å². The van der Waals surface area contributed by atoms with E-state index in [1.54, 1.807) is 20.8 Å². The van der Waals surface area contributed by atoms with E-state index in [1.807, 2.05) is 0 Å². The number of hydrogen-bond acceptors (Lipinski definition) is 6. The molecule has 1 heterocycles. The van der Waals surface area contributed by atoms with Crippen molar-refractivity contribution in [3.05, 3.63) is 42.0 Å². The van der Waals surface area contributed by atoms with Crippen LogP contribution in [0.2, 0.25) is 0 Å². The van der Waals surface area contributed by atoms with Gasteiger partial charge in [-0.25, -0.2) is 9.69 Å². The average molecular weight is 330 g/mol. The Hall–Kier alpha value is -3.16. The highest BCUT2D eigenvalue weighted by Crippen LogP contribution is 2.20. The van der Waals surface area contributed by atoms with Crippen LogP contribution in [0.5, 0.6) is 0 Å². The highest BCUT2D eigenvalue weighted by molar-refractivity contribution is 6.28. The molecule has 0 saturated heterocycles. The van der Waals surface area contributed by atoms with Crippen LogP contribution in [0.1, 0.15) is 31.1 Å². The SMILES string of the molecule is CC(C)(C)OC(=O)[N+](=N)C(=O)c1ccc(N2C(=O)C=CC2=O)cc1. The van der Waals surface area contributed by atoms with Crippen LogP contribution in [0.25, 0.3) is 0 Å². The molecule has 0 bridgehead atoms. The summed E-state index contributed by atoms with van der Waals surface area (Å²) in [5.41, 5.74) is 7.08. The first-order valence-electron chi connectivity index (χ1n) is 7.05. The molecule has 2 rings (SSSR count). The van der Waals surface area contributed by atoms with E-state index in [1.165, 1.54) is 24.3 Å². The molecule has 0 fully saturated rings. The van der Waals surface area contributed by atoms with E-state index in [0.29, 0.717) is 5.69 Å². The molecular formula is C16H16N3O5+. The Morgan fingerprint density at radius 1 is 1.04 bits per heavy atom. The molecule has 1 aromatic rings. The maximum Gasteiger partial charge on any atom is 0.631 e. The lowest BCUT2D eigenvalue weighted by molar-refractivity contribution is -0.446. The predicted octanol–water partition coefficient (Wildman–Crippen LogP) is 2.23. The number of ether oxygens (including phenoxy) is 1. The molecule has 0 aliphatic carbocycles. The molecule has 1 N–H and O–H groups in total. The number of benzene rings is 1. The van der Waals surface area contributed by atoms with Gasteiger partial charge in [-0.2, -0.15) is 4.79 Å². The molecule has 4 amide bonds. The van der Waals surface area contributed by atoms with Crippen LogP contribution in [0.4, 0.5) is 10.5 Å². The van der Waals surface area contributed by atoms with Crippen molar-refractivity contribution in [1.29, 1.82) is 5.53 Å². The summed E-state index contributed by atoms with van der Waals surface area (Å²) in [7, 11) is 0. The first kappa shape index (κ1) is 17.2. The van der Waals surface area contributed by atoms with Gasteiger partial charge in [0.2, 0.25) is 0 Å². The first-order chi connectivity index (χ1) is 11.1. The minimum absolute atomic E-state index is 0.0478. The molecule has 0 saturated carbocycles. The van der Waals surface area contributed by atoms with E-state index in [9.17, 15) is 19.2 Å². The number of rotatable bonds is 2. The Kier molecular flexibility index (Phi) is 4.41. The number of imide groups is 2. The van der Waals surface area contributed by atoms with Crippen molar-refractivity contribution in [2.75, 3.05) is 4.90 Å². The van der Waals surface area contributed by atoms with Crippen molar-refractivity contribution in [1.82, 2.24) is 0 Å². The van der Waals surface area contributed by atoms with Crippen molar-refractivity contribution < 1.29 is 28.6 Å². The van der Waals surface area contributed by atoms with Gasteiger partial charge in [-0.15, -0.1) is 0 Å². The van der Waals surface area contributed by atoms with Gasteiger partial charge >= 0.3 is 12.0 Å². The zero-order valence-corrected chi connectivity index (χ0v) is 13.4. The average Bonchev–Trinajstić information content (AvgIpc) is 2.83. The number of anilines is 1. The smallest absolute Gasteiger partial charge is 0.404 e. The van der Waals surface area contributed by atoms with Crippen molar-refractivity contribution in [3.63, 3.8) is 0 Å². The third kappa shape index (κ3) is 3.60. The van der Waals surface area contributed by atoms with Gasteiger partial charge in [0.25, 0.3) is 11.8 Å². The molecular weight excluding hydrogens is 314 g/mol. The fourth-order valence-electron chi connectivity index (χ4n) is 1.93. The van der Waals surface area contributed by atoms with Crippen LogP contribution < -0.4 is 4.90 Å². The molecule has 8 heteroatoms. The van der Waals surface area contributed by atoms with E-state index in [2.05, 4.69) is 0 Å². The number of hydrogen-bond donors (Lipinski definition) is 1. The van der Waals surface area contributed by atoms with Crippen LogP contribution in [0.15, 0.2) is 36.4 Å². The Morgan fingerprint density at radius 2 is 1.54 bits per heavy atom. The van der Waals surface area contributed by atoms with Crippen LogP contribution in [0, 0.1) is 5.53 Å². The van der Waals surface area contributed by atoms with Gasteiger partial charge in [0, 0.05) is 12.2 Å². The van der Waals surface area contributed by atoms with Gasteiger partial charge in [-0.05, 0) is 50.6 Å². The third-order valence-electron chi connectivity index (χ3n) is 2.96. The maximum absolute atomic E-state index is 12.1. The van der Waals surface area contributed by atoms with Crippen molar-refractivity contribution >= 4 is 29.5 Å². The maximum atomic E-state index is 12.1. The minimum Gasteiger partial charge on any atom is -0.404 e. The second-order valence-electron chi connectivity index (χ2n) is 6.01. The van der Waals surface area contributed by atoms with Crippen LogP contribution in [0.3, 0.4) is 0 Å². The lowest BCUT2D eigenvalue weighted by Gasteiger charge is -2.15. The van der Waals surface area contributed by atoms with Gasteiger partial charge in [-0.3, -0.25) is 9.59 Å². The van der Waals surface area contributed by atoms with Gasteiger partial charge < -0.3 is 4.74 Å². The number of nitrogens with zero attached hydrogens (tertiary/aromatic N) is 2. The quantitative estimate of drug-likeness (QED) is 0.508. The lowest BCUT2D eigenvalue weighted by Crippen LogP contribution is -2.33. The van der Waals surface area contributed by atoms with Gasteiger partial charge in [0.05, 0.1) is 15.9 Å². The van der Waals surface area contributed by atoms with Crippen molar-refractivity contribution in [2.45, 2.75) is 26.4 Å². The fourth-order valence-corrected chi connectivity index (χ4v) is 1.93. The van der Waals surface area contributed by atoms with Crippen LogP contribution >= 0.6 is 0 Å². The second-order valence-corrected chi connectivity index (χ2v) is 6.01. The molecule has 0 aromatic heterocycles. The van der Waals surface area contributed by atoms with E-state index >= 15 is 0 Å². The Balaban J connectivity index is 2.14. The Bertz CT molecular complexity index is 754.